The molecule has 166 valence electrons. The van der Waals surface area contributed by atoms with Gasteiger partial charge in [0.05, 0.1) is 6.20 Å². The molecule has 5 fully saturated rings. The number of aromatic nitrogens is 2. The number of carbonyl (C=O) groups is 1. The second kappa shape index (κ2) is 7.08. The number of Topliss-reactive ketones (excluding diaryl/α,β-unsaturated/α-hetero) is 1. The van der Waals surface area contributed by atoms with E-state index in [-0.39, 0.29) is 17.9 Å². The summed E-state index contributed by atoms with van der Waals surface area (Å²) in [7, 11) is 0. The Kier molecular flexibility index (Phi) is 4.63. The van der Waals surface area contributed by atoms with E-state index in [0.29, 0.717) is 22.4 Å². The molecule has 5 aliphatic carbocycles. The minimum absolute atomic E-state index is 0.151. The monoisotopic (exact) mass is 439 g/mol. The molecule has 31 heavy (non-hydrogen) atoms. The lowest BCUT2D eigenvalue weighted by molar-refractivity contribution is -0.134. The lowest BCUT2D eigenvalue weighted by Crippen LogP contribution is -2.51. The Morgan fingerprint density at radius 3 is 2.74 bits per heavy atom. The molecule has 1 aromatic heterocycles. The first-order chi connectivity index (χ1) is 14.9. The summed E-state index contributed by atoms with van der Waals surface area (Å²) in [6, 6.07) is 2.06. The summed E-state index contributed by atoms with van der Waals surface area (Å²) in [5, 5.41) is 13.7. The van der Waals surface area contributed by atoms with Crippen LogP contribution < -0.4 is 0 Å². The standard InChI is InChI=1S/C26H34ClN3O/c1-14-3-5-17-15(9-14)4-6-19-18(17)7-8-26(2)23(19)20-10-21(20)24(26)22(31)13-30-25(27)16(11-28)12-29-30/h12,14-15,17-21,23-24H,3-10,13H2,1-2H3/t14-,15+,17-,18+,19+,20+,21-,23+,24+,26-/m0/s1. The molecule has 0 saturated heterocycles. The van der Waals surface area contributed by atoms with Crippen molar-refractivity contribution in [2.75, 3.05) is 0 Å². The Morgan fingerprint density at radius 2 is 1.97 bits per heavy atom. The first kappa shape index (κ1) is 20.3. The van der Waals surface area contributed by atoms with Crippen molar-refractivity contribution in [2.45, 2.75) is 71.8 Å². The zero-order valence-corrected chi connectivity index (χ0v) is 19.5. The first-order valence-corrected chi connectivity index (χ1v) is 12.9. The van der Waals surface area contributed by atoms with Crippen LogP contribution in [0.1, 0.15) is 70.8 Å². The maximum absolute atomic E-state index is 13.6. The van der Waals surface area contributed by atoms with Gasteiger partial charge >= 0.3 is 0 Å². The van der Waals surface area contributed by atoms with E-state index in [1.54, 1.807) is 0 Å². The normalized spacial score (nSPS) is 47.5. The molecule has 0 spiro atoms. The van der Waals surface area contributed by atoms with Gasteiger partial charge in [-0.05, 0) is 97.7 Å². The van der Waals surface area contributed by atoms with Crippen molar-refractivity contribution in [1.29, 1.82) is 5.26 Å². The highest BCUT2D eigenvalue weighted by Gasteiger charge is 2.70. The van der Waals surface area contributed by atoms with Gasteiger partial charge in [-0.2, -0.15) is 10.4 Å². The van der Waals surface area contributed by atoms with Crippen molar-refractivity contribution in [2.24, 2.45) is 58.7 Å². The third kappa shape index (κ3) is 2.91. The van der Waals surface area contributed by atoms with Crippen LogP contribution in [0.15, 0.2) is 6.20 Å². The average Bonchev–Trinajstić information content (AvgIpc) is 3.34. The molecule has 5 aliphatic rings. The predicted molar refractivity (Wildman–Crippen MR) is 119 cm³/mol. The summed E-state index contributed by atoms with van der Waals surface area (Å²) in [6.45, 7) is 5.12. The minimum atomic E-state index is 0.151. The quantitative estimate of drug-likeness (QED) is 0.603. The van der Waals surface area contributed by atoms with Gasteiger partial charge in [-0.25, -0.2) is 4.68 Å². The molecule has 10 atom stereocenters. The zero-order valence-electron chi connectivity index (χ0n) is 18.8. The van der Waals surface area contributed by atoms with Crippen LogP contribution in [0, 0.1) is 70.0 Å². The van der Waals surface area contributed by atoms with Crippen molar-refractivity contribution in [3.63, 3.8) is 0 Å². The van der Waals surface area contributed by atoms with Gasteiger partial charge in [0.15, 0.2) is 5.78 Å². The van der Waals surface area contributed by atoms with Crippen LogP contribution in [0.2, 0.25) is 5.15 Å². The second-order valence-electron chi connectivity index (χ2n) is 11.9. The zero-order chi connectivity index (χ0) is 21.5. The van der Waals surface area contributed by atoms with Crippen molar-refractivity contribution >= 4 is 17.4 Å². The van der Waals surface area contributed by atoms with E-state index in [0.717, 1.165) is 41.4 Å². The van der Waals surface area contributed by atoms with Crippen molar-refractivity contribution in [3.05, 3.63) is 16.9 Å². The summed E-state index contributed by atoms with van der Waals surface area (Å²) >= 11 is 6.29. The topological polar surface area (TPSA) is 58.7 Å². The largest absolute Gasteiger partial charge is 0.297 e. The van der Waals surface area contributed by atoms with E-state index < -0.39 is 0 Å². The Hall–Kier alpha value is -1.34. The fraction of sp³-hybridized carbons (Fsp3) is 0.808. The molecule has 0 N–H and O–H groups in total. The Bertz CT molecular complexity index is 949. The Labute approximate surface area is 190 Å². The van der Waals surface area contributed by atoms with Crippen LogP contribution in [-0.4, -0.2) is 15.6 Å². The Balaban J connectivity index is 1.24. The molecule has 0 radical (unpaired) electrons. The lowest BCUT2D eigenvalue weighted by atomic mass is 9.48. The second-order valence-corrected chi connectivity index (χ2v) is 12.3. The molecule has 6 rings (SSSR count). The third-order valence-electron chi connectivity index (χ3n) is 10.6. The lowest BCUT2D eigenvalue weighted by Gasteiger charge is -2.57. The molecule has 0 aromatic carbocycles. The number of carbonyl (C=O) groups excluding carboxylic acids is 1. The van der Waals surface area contributed by atoms with Crippen LogP contribution in [0.5, 0.6) is 0 Å². The molecular formula is C26H34ClN3O. The fourth-order valence-electron chi connectivity index (χ4n) is 9.46. The summed E-state index contributed by atoms with van der Waals surface area (Å²) < 4.78 is 1.54. The van der Waals surface area contributed by atoms with Crippen LogP contribution in [0.3, 0.4) is 0 Å². The van der Waals surface area contributed by atoms with Crippen LogP contribution in [0.4, 0.5) is 0 Å². The van der Waals surface area contributed by atoms with Crippen molar-refractivity contribution in [1.82, 2.24) is 9.78 Å². The maximum Gasteiger partial charge on any atom is 0.158 e. The summed E-state index contributed by atoms with van der Waals surface area (Å²) in [5.41, 5.74) is 0.506. The van der Waals surface area contributed by atoms with Crippen LogP contribution in [-0.2, 0) is 11.3 Å². The first-order valence-electron chi connectivity index (χ1n) is 12.6. The SMILES string of the molecule is C[C@H]1CC[C@H]2[C@H](CC[C@@H]3[C@@H]2CC[C@@]2(C)[C@H]3[C@@H]3C[C@@H]3[C@@H]2C(=O)Cn2ncc(C#N)c2Cl)C1. The molecule has 0 bridgehead atoms. The van der Waals surface area contributed by atoms with Gasteiger partial charge in [-0.3, -0.25) is 4.79 Å². The number of rotatable bonds is 3. The molecule has 4 nitrogen and oxygen atoms in total. The molecule has 0 unspecified atom stereocenters. The van der Waals surface area contributed by atoms with E-state index in [1.807, 2.05) is 0 Å². The number of nitriles is 1. The fourth-order valence-corrected chi connectivity index (χ4v) is 9.66. The summed E-state index contributed by atoms with van der Waals surface area (Å²) in [6.07, 6.45) is 12.4. The van der Waals surface area contributed by atoms with Gasteiger partial charge in [0, 0.05) is 5.92 Å². The van der Waals surface area contributed by atoms with Gasteiger partial charge < -0.3 is 0 Å². The smallest absolute Gasteiger partial charge is 0.158 e. The molecular weight excluding hydrogens is 406 g/mol. The predicted octanol–water partition coefficient (Wildman–Crippen LogP) is 5.74. The van der Waals surface area contributed by atoms with E-state index in [2.05, 4.69) is 25.0 Å². The number of hydrogen-bond acceptors (Lipinski definition) is 3. The number of halogens is 1. The van der Waals surface area contributed by atoms with Crippen LogP contribution >= 0.6 is 11.6 Å². The number of hydrogen-bond donors (Lipinski definition) is 0. The molecule has 0 amide bonds. The molecule has 0 aliphatic heterocycles. The van der Waals surface area contributed by atoms with Crippen LogP contribution in [0.25, 0.3) is 0 Å². The van der Waals surface area contributed by atoms with Gasteiger partial charge in [0.2, 0.25) is 0 Å². The van der Waals surface area contributed by atoms with E-state index in [9.17, 15) is 4.79 Å². The summed E-state index contributed by atoms with van der Waals surface area (Å²) in [5.74, 6) is 7.15. The number of nitrogens with zero attached hydrogens (tertiary/aromatic N) is 3. The molecule has 1 heterocycles. The van der Waals surface area contributed by atoms with Gasteiger partial charge in [0.25, 0.3) is 0 Å². The van der Waals surface area contributed by atoms with E-state index >= 15 is 0 Å². The van der Waals surface area contributed by atoms with Gasteiger partial charge in [0.1, 0.15) is 23.3 Å². The average molecular weight is 440 g/mol. The van der Waals surface area contributed by atoms with Crippen molar-refractivity contribution in [3.8, 4) is 6.07 Å². The highest BCUT2D eigenvalue weighted by molar-refractivity contribution is 6.30. The Morgan fingerprint density at radius 1 is 1.16 bits per heavy atom. The third-order valence-corrected chi connectivity index (χ3v) is 11.0. The van der Waals surface area contributed by atoms with E-state index in [4.69, 9.17) is 16.9 Å². The molecule has 1 aromatic rings. The summed E-state index contributed by atoms with van der Waals surface area (Å²) in [4.78, 5) is 13.6. The highest BCUT2D eigenvalue weighted by atomic mass is 35.5. The molecule has 5 saturated carbocycles. The minimum Gasteiger partial charge on any atom is -0.297 e. The van der Waals surface area contributed by atoms with Gasteiger partial charge in [-0.1, -0.05) is 31.9 Å². The van der Waals surface area contributed by atoms with Gasteiger partial charge in [-0.15, -0.1) is 0 Å². The highest BCUT2D eigenvalue weighted by Crippen LogP contribution is 2.74. The number of fused-ring (bicyclic) bond motifs is 7. The van der Waals surface area contributed by atoms with E-state index in [1.165, 1.54) is 62.2 Å². The molecule has 5 heteroatoms. The number of ketones is 1. The maximum atomic E-state index is 13.6. The van der Waals surface area contributed by atoms with Crippen molar-refractivity contribution < 1.29 is 4.79 Å².